The Hall–Kier alpha value is -2.30. The van der Waals surface area contributed by atoms with Gasteiger partial charge in [-0.2, -0.15) is 18.9 Å². The molecule has 0 bridgehead atoms. The summed E-state index contributed by atoms with van der Waals surface area (Å²) in [7, 11) is -4.67. The lowest BCUT2D eigenvalue weighted by atomic mass is 10.0. The van der Waals surface area contributed by atoms with Crippen molar-refractivity contribution in [3.63, 3.8) is 0 Å². The van der Waals surface area contributed by atoms with Gasteiger partial charge in [0.15, 0.2) is 11.1 Å². The molecule has 0 spiro atoms. The van der Waals surface area contributed by atoms with Gasteiger partial charge in [0.05, 0.1) is 28.2 Å². The number of hydrogen-bond donors (Lipinski definition) is 2. The predicted octanol–water partition coefficient (Wildman–Crippen LogP) is 1.41. The van der Waals surface area contributed by atoms with Crippen LogP contribution in [0.1, 0.15) is 11.1 Å². The average Bonchev–Trinajstić information content (AvgIpc) is 2.43. The molecule has 9 heteroatoms. The molecule has 0 fully saturated rings. The number of fused-ring (bicyclic) bond motifs is 1. The number of nitrogens with zero attached hydrogens (tertiary/aromatic N) is 2. The third kappa shape index (κ3) is 2.51. The topological polar surface area (TPSA) is 139 Å². The molecule has 0 aromatic heterocycles. The first-order valence-electron chi connectivity index (χ1n) is 5.29. The van der Waals surface area contributed by atoms with Crippen molar-refractivity contribution in [1.29, 1.82) is 10.5 Å². The van der Waals surface area contributed by atoms with Gasteiger partial charge >= 0.3 is 0 Å². The van der Waals surface area contributed by atoms with E-state index in [0.29, 0.717) is 0 Å². The lowest BCUT2D eigenvalue weighted by molar-refractivity contribution is 0.484. The van der Waals surface area contributed by atoms with Crippen molar-refractivity contribution < 1.29 is 21.7 Å². The molecule has 1 unspecified atom stereocenters. The summed E-state index contributed by atoms with van der Waals surface area (Å²) < 4.78 is 52.7. The Morgan fingerprint density at radius 3 is 2.00 bits per heavy atom. The van der Waals surface area contributed by atoms with E-state index in [1.54, 1.807) is 12.1 Å². The SMILES string of the molecule is N#Cc1ccc(S(=O)(=O)O)c2c(C#N)ccc(S(=O)O)c12. The summed E-state index contributed by atoms with van der Waals surface area (Å²) in [6.45, 7) is 0. The van der Waals surface area contributed by atoms with Gasteiger partial charge in [0, 0.05) is 10.8 Å². The van der Waals surface area contributed by atoms with E-state index in [1.165, 1.54) is 0 Å². The minimum atomic E-state index is -4.67. The Labute approximate surface area is 122 Å². The zero-order valence-electron chi connectivity index (χ0n) is 10.1. The highest BCUT2D eigenvalue weighted by molar-refractivity contribution is 7.86. The smallest absolute Gasteiger partial charge is 0.295 e. The maximum atomic E-state index is 11.4. The number of benzene rings is 2. The molecular formula is C12H6N2O5S2. The van der Waals surface area contributed by atoms with Gasteiger partial charge in [-0.15, -0.1) is 0 Å². The van der Waals surface area contributed by atoms with Crippen molar-refractivity contribution >= 4 is 32.0 Å². The van der Waals surface area contributed by atoms with Crippen LogP contribution in [0.3, 0.4) is 0 Å². The summed E-state index contributed by atoms with van der Waals surface area (Å²) in [5.41, 5.74) is -0.212. The molecule has 1 atom stereocenters. The van der Waals surface area contributed by atoms with E-state index < -0.39 is 26.1 Å². The molecule has 0 aliphatic heterocycles. The molecule has 0 saturated heterocycles. The minimum absolute atomic E-state index is 0.0769. The Morgan fingerprint density at radius 2 is 1.52 bits per heavy atom. The standard InChI is InChI=1S/C12H6N2O5S2/c13-5-7-2-4-10(21(17,18)19)12-8(6-14)1-3-9(11(7)12)20(15)16/h1-4H,(H,15,16)(H,17,18,19). The zero-order valence-corrected chi connectivity index (χ0v) is 11.8. The van der Waals surface area contributed by atoms with Crippen LogP contribution in [0, 0.1) is 22.7 Å². The summed E-state index contributed by atoms with van der Waals surface area (Å²) in [6, 6.07) is 7.88. The first kappa shape index (κ1) is 15.1. The van der Waals surface area contributed by atoms with Crippen molar-refractivity contribution in [3.8, 4) is 12.1 Å². The maximum Gasteiger partial charge on any atom is 0.295 e. The molecule has 0 saturated carbocycles. The maximum absolute atomic E-state index is 11.4. The summed E-state index contributed by atoms with van der Waals surface area (Å²) in [5, 5.41) is 17.7. The third-order valence-electron chi connectivity index (χ3n) is 2.79. The minimum Gasteiger partial charge on any atom is -0.302 e. The fraction of sp³-hybridized carbons (Fsp3) is 0. The molecule has 2 aromatic carbocycles. The van der Waals surface area contributed by atoms with Crippen molar-refractivity contribution in [2.45, 2.75) is 9.79 Å². The van der Waals surface area contributed by atoms with E-state index in [2.05, 4.69) is 0 Å². The second-order valence-corrected chi connectivity index (χ2v) is 6.25. The van der Waals surface area contributed by atoms with Gasteiger partial charge in [-0.25, -0.2) is 4.21 Å². The molecule has 2 aromatic rings. The van der Waals surface area contributed by atoms with E-state index in [9.17, 15) is 21.7 Å². The third-order valence-corrected chi connectivity index (χ3v) is 4.40. The van der Waals surface area contributed by atoms with Crippen LogP contribution in [0.25, 0.3) is 10.8 Å². The van der Waals surface area contributed by atoms with Crippen LogP contribution < -0.4 is 0 Å². The molecule has 0 amide bonds. The van der Waals surface area contributed by atoms with Gasteiger partial charge < -0.3 is 4.55 Å². The van der Waals surface area contributed by atoms with Crippen molar-refractivity contribution in [3.05, 3.63) is 35.4 Å². The summed E-state index contributed by atoms with van der Waals surface area (Å²) >= 11 is -2.50. The van der Waals surface area contributed by atoms with Crippen molar-refractivity contribution in [1.82, 2.24) is 0 Å². The van der Waals surface area contributed by atoms with E-state index >= 15 is 0 Å². The second-order valence-electron chi connectivity index (χ2n) is 3.92. The lowest BCUT2D eigenvalue weighted by Crippen LogP contribution is -2.03. The molecule has 21 heavy (non-hydrogen) atoms. The molecule has 0 aliphatic rings. The van der Waals surface area contributed by atoms with E-state index in [0.717, 1.165) is 24.3 Å². The van der Waals surface area contributed by atoms with Crippen LogP contribution in [-0.4, -0.2) is 21.7 Å². The van der Waals surface area contributed by atoms with Crippen molar-refractivity contribution in [2.75, 3.05) is 0 Å². The molecule has 106 valence electrons. The second kappa shape index (κ2) is 5.24. The number of nitriles is 2. The van der Waals surface area contributed by atoms with Gasteiger partial charge in [-0.1, -0.05) is 0 Å². The van der Waals surface area contributed by atoms with Crippen LogP contribution in [0.2, 0.25) is 0 Å². The fourth-order valence-corrected chi connectivity index (χ4v) is 3.26. The Kier molecular flexibility index (Phi) is 3.77. The quantitative estimate of drug-likeness (QED) is 0.629. The van der Waals surface area contributed by atoms with Gasteiger partial charge in [-0.05, 0) is 24.3 Å². The predicted molar refractivity (Wildman–Crippen MR) is 72.2 cm³/mol. The van der Waals surface area contributed by atoms with Gasteiger partial charge in [0.25, 0.3) is 10.1 Å². The lowest BCUT2D eigenvalue weighted by Gasteiger charge is -2.10. The fourth-order valence-electron chi connectivity index (χ4n) is 1.98. The van der Waals surface area contributed by atoms with Crippen LogP contribution >= 0.6 is 0 Å². The molecule has 7 nitrogen and oxygen atoms in total. The molecule has 2 rings (SSSR count). The molecule has 2 N–H and O–H groups in total. The average molecular weight is 322 g/mol. The summed E-state index contributed by atoms with van der Waals surface area (Å²) in [6.07, 6.45) is 0. The molecule has 0 aliphatic carbocycles. The first-order valence-corrected chi connectivity index (χ1v) is 7.84. The highest BCUT2D eigenvalue weighted by atomic mass is 32.2. The Morgan fingerprint density at radius 1 is 1.00 bits per heavy atom. The largest absolute Gasteiger partial charge is 0.302 e. The van der Waals surface area contributed by atoms with Crippen molar-refractivity contribution in [2.24, 2.45) is 0 Å². The Bertz CT molecular complexity index is 968. The summed E-state index contributed by atoms with van der Waals surface area (Å²) in [5.74, 6) is 0. The summed E-state index contributed by atoms with van der Waals surface area (Å²) in [4.78, 5) is -0.814. The van der Waals surface area contributed by atoms with Crippen LogP contribution in [0.5, 0.6) is 0 Å². The first-order chi connectivity index (χ1) is 9.81. The number of hydrogen-bond acceptors (Lipinski definition) is 5. The molecular weight excluding hydrogens is 316 g/mol. The van der Waals surface area contributed by atoms with E-state index in [1.807, 2.05) is 0 Å². The Balaban J connectivity index is 3.23. The van der Waals surface area contributed by atoms with Crippen LogP contribution in [0.4, 0.5) is 0 Å². The monoisotopic (exact) mass is 322 g/mol. The van der Waals surface area contributed by atoms with Crippen LogP contribution in [0.15, 0.2) is 34.1 Å². The number of rotatable bonds is 2. The van der Waals surface area contributed by atoms with E-state index in [-0.39, 0.29) is 26.8 Å². The normalized spacial score (nSPS) is 12.6. The van der Waals surface area contributed by atoms with E-state index in [4.69, 9.17) is 10.5 Å². The molecule has 0 heterocycles. The molecule has 0 radical (unpaired) electrons. The van der Waals surface area contributed by atoms with Gasteiger partial charge in [0.2, 0.25) is 0 Å². The van der Waals surface area contributed by atoms with Crippen LogP contribution in [-0.2, 0) is 21.2 Å². The zero-order chi connectivity index (χ0) is 15.8. The van der Waals surface area contributed by atoms with Gasteiger partial charge in [0.1, 0.15) is 4.90 Å². The van der Waals surface area contributed by atoms with Gasteiger partial charge in [-0.3, -0.25) is 4.55 Å². The highest BCUT2D eigenvalue weighted by Crippen LogP contribution is 2.32. The highest BCUT2D eigenvalue weighted by Gasteiger charge is 2.22.